The lowest BCUT2D eigenvalue weighted by molar-refractivity contribution is -0.114. The van der Waals surface area contributed by atoms with Crippen LogP contribution >= 0.6 is 11.6 Å². The quantitative estimate of drug-likeness (QED) is 0.331. The Kier molecular flexibility index (Phi) is 5.52. The van der Waals surface area contributed by atoms with E-state index in [0.29, 0.717) is 28.3 Å². The molecule has 1 amide bonds. The van der Waals surface area contributed by atoms with Crippen LogP contribution in [-0.2, 0) is 11.2 Å². The summed E-state index contributed by atoms with van der Waals surface area (Å²) in [5, 5.41) is 0.546. The number of anilines is 1. The smallest absolute Gasteiger partial charge is 0.262 e. The van der Waals surface area contributed by atoms with Crippen LogP contribution in [0.15, 0.2) is 78.4 Å². The van der Waals surface area contributed by atoms with Gasteiger partial charge in [0.15, 0.2) is 0 Å². The third-order valence-electron chi connectivity index (χ3n) is 4.91. The molecule has 0 fully saturated rings. The lowest BCUT2D eigenvalue weighted by Gasteiger charge is -2.26. The number of rotatable bonds is 2. The van der Waals surface area contributed by atoms with E-state index in [1.807, 2.05) is 36.4 Å². The second kappa shape index (κ2) is 8.41. The Labute approximate surface area is 180 Å². The zero-order valence-corrected chi connectivity index (χ0v) is 17.1. The summed E-state index contributed by atoms with van der Waals surface area (Å²) in [4.78, 5) is 27.4. The Morgan fingerprint density at radius 2 is 1.77 bits per heavy atom. The molecule has 3 nitrogen and oxygen atoms in total. The number of likely N-dealkylation sites (N-methyl/N-ethyl adjacent to an activating group) is 1. The van der Waals surface area contributed by atoms with E-state index in [0.717, 1.165) is 11.1 Å². The number of nitrogens with zero attached hydrogens (tertiary/aromatic N) is 1. The molecule has 146 valence electrons. The Bertz CT molecular complexity index is 1230. The van der Waals surface area contributed by atoms with Crippen molar-refractivity contribution in [3.8, 4) is 11.8 Å². The first kappa shape index (κ1) is 19.7. The van der Waals surface area contributed by atoms with E-state index in [-0.39, 0.29) is 17.3 Å². The molecule has 0 bridgehead atoms. The maximum atomic E-state index is 13.1. The molecule has 0 saturated heterocycles. The molecule has 0 unspecified atom stereocenters. The van der Waals surface area contributed by atoms with Crippen molar-refractivity contribution >= 4 is 35.1 Å². The van der Waals surface area contributed by atoms with Gasteiger partial charge in [-0.05, 0) is 47.5 Å². The fourth-order valence-corrected chi connectivity index (χ4v) is 3.55. The highest BCUT2D eigenvalue weighted by Crippen LogP contribution is 2.31. The Hall–Kier alpha value is -3.61. The number of hydrogen-bond donors (Lipinski definition) is 0. The zero-order valence-electron chi connectivity index (χ0n) is 16.4. The molecule has 0 N–H and O–H groups in total. The first-order chi connectivity index (χ1) is 14.5. The minimum atomic E-state index is -0.338. The van der Waals surface area contributed by atoms with Crippen molar-refractivity contribution in [2.75, 3.05) is 11.9 Å². The lowest BCUT2D eigenvalue weighted by Crippen LogP contribution is -2.36. The van der Waals surface area contributed by atoms with Crippen LogP contribution in [0.1, 0.15) is 27.0 Å². The maximum Gasteiger partial charge on any atom is 0.262 e. The highest BCUT2D eigenvalue weighted by molar-refractivity contribution is 6.36. The van der Waals surface area contributed by atoms with Crippen LogP contribution < -0.4 is 4.90 Å². The summed E-state index contributed by atoms with van der Waals surface area (Å²) >= 11 is 6.03. The molecule has 0 aliphatic carbocycles. The number of fused-ring (bicyclic) bond motifs is 1. The topological polar surface area (TPSA) is 37.4 Å². The summed E-state index contributed by atoms with van der Waals surface area (Å²) in [6, 6.07) is 22.4. The number of halogens is 1. The van der Waals surface area contributed by atoms with Crippen molar-refractivity contribution in [2.45, 2.75) is 6.42 Å². The normalized spacial score (nSPS) is 14.3. The van der Waals surface area contributed by atoms with Crippen LogP contribution in [-0.4, -0.2) is 18.7 Å². The van der Waals surface area contributed by atoms with Crippen LogP contribution in [0.5, 0.6) is 0 Å². The van der Waals surface area contributed by atoms with E-state index in [1.54, 1.807) is 49.5 Å². The second-order valence-electron chi connectivity index (χ2n) is 7.00. The van der Waals surface area contributed by atoms with Gasteiger partial charge in [-0.3, -0.25) is 9.59 Å². The molecular formula is C26H18ClNO2. The van der Waals surface area contributed by atoms with Crippen LogP contribution in [0.25, 0.3) is 6.08 Å². The average Bonchev–Trinajstić information content (AvgIpc) is 2.76. The Morgan fingerprint density at radius 1 is 0.967 bits per heavy atom. The van der Waals surface area contributed by atoms with Gasteiger partial charge < -0.3 is 4.90 Å². The molecule has 30 heavy (non-hydrogen) atoms. The van der Waals surface area contributed by atoms with E-state index in [1.165, 1.54) is 4.90 Å². The number of Topliss-reactive ketones (excluding diaryl/α,β-unsaturated/α-hetero) is 1. The summed E-state index contributed by atoms with van der Waals surface area (Å²) in [5.74, 6) is 5.62. The molecule has 0 atom stereocenters. The van der Waals surface area contributed by atoms with Gasteiger partial charge in [-0.2, -0.15) is 0 Å². The average molecular weight is 412 g/mol. The van der Waals surface area contributed by atoms with Gasteiger partial charge in [-0.15, -0.1) is 0 Å². The monoisotopic (exact) mass is 411 g/mol. The number of amides is 1. The van der Waals surface area contributed by atoms with Gasteiger partial charge >= 0.3 is 0 Å². The predicted molar refractivity (Wildman–Crippen MR) is 121 cm³/mol. The van der Waals surface area contributed by atoms with Gasteiger partial charge in [0.25, 0.3) is 5.91 Å². The van der Waals surface area contributed by atoms with E-state index in [9.17, 15) is 9.59 Å². The van der Waals surface area contributed by atoms with Gasteiger partial charge in [0, 0.05) is 29.6 Å². The summed E-state index contributed by atoms with van der Waals surface area (Å²) < 4.78 is 0. The molecule has 0 radical (unpaired) electrons. The van der Waals surface area contributed by atoms with Gasteiger partial charge in [-0.25, -0.2) is 0 Å². The first-order valence-electron chi connectivity index (χ1n) is 9.50. The number of hydrogen-bond acceptors (Lipinski definition) is 2. The van der Waals surface area contributed by atoms with E-state index in [4.69, 9.17) is 11.6 Å². The van der Waals surface area contributed by atoms with Crippen molar-refractivity contribution in [1.82, 2.24) is 0 Å². The predicted octanol–water partition coefficient (Wildman–Crippen LogP) is 5.18. The number of carbonyl (C=O) groups excluding carboxylic acids is 2. The number of ketones is 1. The summed E-state index contributed by atoms with van der Waals surface area (Å²) in [5.41, 5.74) is 3.74. The standard InChI is InChI=1S/C26H18ClNO2/c1-28-24-14-13-19(10-5-9-18-7-3-2-4-8-18)16-22(24)25(29)23(26(28)30)17-20-11-6-12-21(27)15-20/h2-4,6-8,11-17H,9H2,1H3. The first-order valence-corrected chi connectivity index (χ1v) is 9.87. The fraction of sp³-hybridized carbons (Fsp3) is 0.0769. The Morgan fingerprint density at radius 3 is 2.53 bits per heavy atom. The van der Waals surface area contributed by atoms with Crippen molar-refractivity contribution in [1.29, 1.82) is 0 Å². The number of benzene rings is 3. The highest BCUT2D eigenvalue weighted by Gasteiger charge is 2.32. The summed E-state index contributed by atoms with van der Waals surface area (Å²) in [7, 11) is 1.67. The van der Waals surface area contributed by atoms with Gasteiger partial charge in [0.2, 0.25) is 5.78 Å². The van der Waals surface area contributed by atoms with Crippen molar-refractivity contribution in [3.05, 3.63) is 106 Å². The minimum absolute atomic E-state index is 0.113. The SMILES string of the molecule is CN1C(=O)C(=Cc2cccc(Cl)c2)C(=O)c2cc(C#CCc3ccccc3)ccc21. The van der Waals surface area contributed by atoms with Gasteiger partial charge in [-0.1, -0.05) is 65.9 Å². The van der Waals surface area contributed by atoms with Crippen LogP contribution in [0, 0.1) is 11.8 Å². The molecule has 1 aliphatic rings. The molecule has 3 aromatic carbocycles. The number of carbonyl (C=O) groups is 2. The molecule has 4 heteroatoms. The molecule has 3 aromatic rings. The highest BCUT2D eigenvalue weighted by atomic mass is 35.5. The minimum Gasteiger partial charge on any atom is -0.311 e. The maximum absolute atomic E-state index is 13.1. The van der Waals surface area contributed by atoms with Crippen LogP contribution in [0.2, 0.25) is 5.02 Å². The van der Waals surface area contributed by atoms with Gasteiger partial charge in [0.05, 0.1) is 11.3 Å². The molecular weight excluding hydrogens is 394 g/mol. The van der Waals surface area contributed by atoms with E-state index in [2.05, 4.69) is 11.8 Å². The molecule has 0 aromatic heterocycles. The summed E-state index contributed by atoms with van der Waals surface area (Å²) in [6.45, 7) is 0. The molecule has 4 rings (SSSR count). The zero-order chi connectivity index (χ0) is 21.1. The summed E-state index contributed by atoms with van der Waals surface area (Å²) in [6.07, 6.45) is 2.22. The molecule has 1 aliphatic heterocycles. The van der Waals surface area contributed by atoms with Crippen LogP contribution in [0.3, 0.4) is 0 Å². The van der Waals surface area contributed by atoms with Crippen molar-refractivity contribution < 1.29 is 9.59 Å². The third kappa shape index (κ3) is 4.05. The second-order valence-corrected chi connectivity index (χ2v) is 7.44. The van der Waals surface area contributed by atoms with Gasteiger partial charge in [0.1, 0.15) is 0 Å². The third-order valence-corrected chi connectivity index (χ3v) is 5.15. The molecule has 1 heterocycles. The van der Waals surface area contributed by atoms with Crippen molar-refractivity contribution in [3.63, 3.8) is 0 Å². The lowest BCUT2D eigenvalue weighted by atomic mass is 9.92. The fourth-order valence-electron chi connectivity index (χ4n) is 3.35. The van der Waals surface area contributed by atoms with Crippen LogP contribution in [0.4, 0.5) is 5.69 Å². The van der Waals surface area contributed by atoms with E-state index < -0.39 is 0 Å². The Balaban J connectivity index is 1.67. The van der Waals surface area contributed by atoms with Crippen molar-refractivity contribution in [2.24, 2.45) is 0 Å². The van der Waals surface area contributed by atoms with E-state index >= 15 is 0 Å². The molecule has 0 spiro atoms. The largest absolute Gasteiger partial charge is 0.311 e. The molecule has 0 saturated carbocycles.